The zero-order valence-electron chi connectivity index (χ0n) is 15.1. The van der Waals surface area contributed by atoms with Crippen LogP contribution in [0.5, 0.6) is 5.75 Å². The highest BCUT2D eigenvalue weighted by atomic mass is 19.4. The second kappa shape index (κ2) is 9.48. The molecule has 1 aromatic rings. The van der Waals surface area contributed by atoms with Crippen molar-refractivity contribution in [3.05, 3.63) is 24.3 Å². The summed E-state index contributed by atoms with van der Waals surface area (Å²) >= 11 is 0. The first-order valence-corrected chi connectivity index (χ1v) is 8.98. The van der Waals surface area contributed by atoms with Gasteiger partial charge in [-0.3, -0.25) is 4.79 Å². The molecule has 9 heteroatoms. The van der Waals surface area contributed by atoms with Crippen LogP contribution in [-0.4, -0.2) is 42.3 Å². The summed E-state index contributed by atoms with van der Waals surface area (Å²) in [6.45, 7) is 2.95. The average Bonchev–Trinajstić information content (AvgIpc) is 2.59. The van der Waals surface area contributed by atoms with Crippen molar-refractivity contribution in [1.29, 1.82) is 0 Å². The van der Waals surface area contributed by atoms with Crippen molar-refractivity contribution < 1.29 is 27.5 Å². The molecule has 0 bridgehead atoms. The first-order valence-electron chi connectivity index (χ1n) is 8.98. The minimum Gasteiger partial charge on any atom is -0.406 e. The van der Waals surface area contributed by atoms with Crippen molar-refractivity contribution in [2.24, 2.45) is 0 Å². The van der Waals surface area contributed by atoms with E-state index in [2.05, 4.69) is 15.4 Å². The number of amides is 3. The van der Waals surface area contributed by atoms with E-state index in [9.17, 15) is 22.8 Å². The molecule has 3 amide bonds. The molecule has 6 nitrogen and oxygen atoms in total. The maximum atomic E-state index is 12.3. The van der Waals surface area contributed by atoms with Crippen LogP contribution in [0.15, 0.2) is 24.3 Å². The Hall–Kier alpha value is -2.45. The number of ether oxygens (including phenoxy) is 1. The molecule has 1 aromatic carbocycles. The summed E-state index contributed by atoms with van der Waals surface area (Å²) in [6, 6.07) is 4.79. The third kappa shape index (κ3) is 7.36. The number of likely N-dealkylation sites (tertiary alicyclic amines) is 1. The molecule has 0 atom stereocenters. The van der Waals surface area contributed by atoms with Gasteiger partial charge in [-0.25, -0.2) is 4.79 Å². The average molecular weight is 387 g/mol. The maximum Gasteiger partial charge on any atom is 0.573 e. The van der Waals surface area contributed by atoms with E-state index >= 15 is 0 Å². The van der Waals surface area contributed by atoms with Gasteiger partial charge in [-0.15, -0.1) is 13.2 Å². The van der Waals surface area contributed by atoms with Gasteiger partial charge in [0.05, 0.1) is 0 Å². The van der Waals surface area contributed by atoms with Crippen molar-refractivity contribution in [1.82, 2.24) is 10.2 Å². The van der Waals surface area contributed by atoms with Crippen molar-refractivity contribution in [3.8, 4) is 5.75 Å². The smallest absolute Gasteiger partial charge is 0.406 e. The zero-order chi connectivity index (χ0) is 19.9. The minimum absolute atomic E-state index is 0.0289. The molecule has 0 saturated carbocycles. The van der Waals surface area contributed by atoms with Crippen LogP contribution in [0.2, 0.25) is 0 Å². The lowest BCUT2D eigenvalue weighted by atomic mass is 10.0. The molecule has 2 rings (SSSR count). The number of hydrogen-bond donors (Lipinski definition) is 2. The topological polar surface area (TPSA) is 70.7 Å². The molecule has 0 aliphatic carbocycles. The molecule has 0 radical (unpaired) electrons. The second-order valence-corrected chi connectivity index (χ2v) is 6.44. The molecule has 27 heavy (non-hydrogen) atoms. The van der Waals surface area contributed by atoms with Crippen LogP contribution in [0, 0.1) is 0 Å². The maximum absolute atomic E-state index is 12.3. The number of hydrogen-bond acceptors (Lipinski definition) is 3. The van der Waals surface area contributed by atoms with Crippen molar-refractivity contribution in [2.45, 2.75) is 51.4 Å². The van der Waals surface area contributed by atoms with Gasteiger partial charge in [-0.1, -0.05) is 19.4 Å². The van der Waals surface area contributed by atoms with Crippen LogP contribution in [-0.2, 0) is 4.79 Å². The number of alkyl halides is 3. The number of urea groups is 1. The van der Waals surface area contributed by atoms with E-state index in [1.165, 1.54) is 12.1 Å². The Morgan fingerprint density at radius 1 is 1.26 bits per heavy atom. The molecular weight excluding hydrogens is 363 g/mol. The van der Waals surface area contributed by atoms with E-state index < -0.39 is 18.1 Å². The van der Waals surface area contributed by atoms with Crippen LogP contribution in [0.25, 0.3) is 0 Å². The molecule has 1 fully saturated rings. The monoisotopic (exact) mass is 387 g/mol. The molecule has 0 unspecified atom stereocenters. The Morgan fingerprint density at radius 2 is 1.96 bits per heavy atom. The Kier molecular flexibility index (Phi) is 7.32. The number of piperidine rings is 1. The molecule has 2 N–H and O–H groups in total. The van der Waals surface area contributed by atoms with Gasteiger partial charge < -0.3 is 20.3 Å². The first-order chi connectivity index (χ1) is 12.8. The summed E-state index contributed by atoms with van der Waals surface area (Å²) in [5.41, 5.74) is 0.219. The summed E-state index contributed by atoms with van der Waals surface area (Å²) in [5.74, 6) is -0.366. The largest absolute Gasteiger partial charge is 0.573 e. The molecule has 1 aliphatic heterocycles. The number of nitrogens with one attached hydrogen (secondary N) is 2. The highest BCUT2D eigenvalue weighted by Crippen LogP contribution is 2.25. The number of carbonyl (C=O) groups excluding carboxylic acids is 2. The van der Waals surface area contributed by atoms with E-state index in [1.807, 2.05) is 6.92 Å². The SMILES string of the molecule is CCCCC(=O)NC1CCN(C(=O)Nc2cccc(OC(F)(F)F)c2)CC1. The summed E-state index contributed by atoms with van der Waals surface area (Å²) in [7, 11) is 0. The van der Waals surface area contributed by atoms with Gasteiger partial charge in [0.2, 0.25) is 5.91 Å². The first kappa shape index (κ1) is 20.9. The number of anilines is 1. The Balaban J connectivity index is 1.81. The predicted molar refractivity (Wildman–Crippen MR) is 94.4 cm³/mol. The van der Waals surface area contributed by atoms with E-state index in [-0.39, 0.29) is 17.6 Å². The van der Waals surface area contributed by atoms with Crippen molar-refractivity contribution in [2.75, 3.05) is 18.4 Å². The molecule has 1 aliphatic rings. The zero-order valence-corrected chi connectivity index (χ0v) is 15.1. The Labute approximate surface area is 156 Å². The number of unbranched alkanes of at least 4 members (excludes halogenated alkanes) is 1. The van der Waals surface area contributed by atoms with Gasteiger partial charge in [0.25, 0.3) is 0 Å². The van der Waals surface area contributed by atoms with Gasteiger partial charge in [-0.05, 0) is 31.4 Å². The fourth-order valence-electron chi connectivity index (χ4n) is 2.84. The number of nitrogens with zero attached hydrogens (tertiary/aromatic N) is 1. The van der Waals surface area contributed by atoms with Gasteiger partial charge >= 0.3 is 12.4 Å². The summed E-state index contributed by atoms with van der Waals surface area (Å²) in [6.07, 6.45) is -1.18. The van der Waals surface area contributed by atoms with Crippen LogP contribution < -0.4 is 15.4 Å². The quantitative estimate of drug-likeness (QED) is 0.778. The van der Waals surface area contributed by atoms with E-state index in [0.29, 0.717) is 32.4 Å². The highest BCUT2D eigenvalue weighted by molar-refractivity contribution is 5.89. The highest BCUT2D eigenvalue weighted by Gasteiger charge is 2.31. The molecule has 1 heterocycles. The lowest BCUT2D eigenvalue weighted by Crippen LogP contribution is -2.47. The third-order valence-corrected chi connectivity index (χ3v) is 4.22. The molecule has 1 saturated heterocycles. The van der Waals surface area contributed by atoms with Crippen LogP contribution in [0.4, 0.5) is 23.7 Å². The summed E-state index contributed by atoms with van der Waals surface area (Å²) < 4.78 is 40.7. The fourth-order valence-corrected chi connectivity index (χ4v) is 2.84. The molecule has 0 spiro atoms. The standard InChI is InChI=1S/C18H24F3N3O3/c1-2-3-7-16(25)22-13-8-10-24(11-9-13)17(26)23-14-5-4-6-15(12-14)27-18(19,20)21/h4-6,12-13H,2-3,7-11H2,1H3,(H,22,25)(H,23,26). The van der Waals surface area contributed by atoms with E-state index in [1.54, 1.807) is 4.90 Å². The van der Waals surface area contributed by atoms with Crippen molar-refractivity contribution in [3.63, 3.8) is 0 Å². The van der Waals surface area contributed by atoms with Gasteiger partial charge in [-0.2, -0.15) is 0 Å². The number of halogens is 3. The second-order valence-electron chi connectivity index (χ2n) is 6.44. The van der Waals surface area contributed by atoms with E-state index in [4.69, 9.17) is 0 Å². The lowest BCUT2D eigenvalue weighted by molar-refractivity contribution is -0.274. The summed E-state index contributed by atoms with van der Waals surface area (Å²) in [4.78, 5) is 25.6. The molecule has 0 aromatic heterocycles. The van der Waals surface area contributed by atoms with Gasteiger partial charge in [0, 0.05) is 37.3 Å². The van der Waals surface area contributed by atoms with Crippen LogP contribution in [0.3, 0.4) is 0 Å². The number of rotatable bonds is 6. The van der Waals surface area contributed by atoms with Crippen LogP contribution in [0.1, 0.15) is 39.0 Å². The molecular formula is C18H24F3N3O3. The van der Waals surface area contributed by atoms with E-state index in [0.717, 1.165) is 25.0 Å². The Bertz CT molecular complexity index is 644. The normalized spacial score (nSPS) is 15.3. The Morgan fingerprint density at radius 3 is 2.59 bits per heavy atom. The van der Waals surface area contributed by atoms with Gasteiger partial charge in [0.15, 0.2) is 0 Å². The molecule has 150 valence electrons. The van der Waals surface area contributed by atoms with Crippen LogP contribution >= 0.6 is 0 Å². The van der Waals surface area contributed by atoms with Crippen molar-refractivity contribution >= 4 is 17.6 Å². The lowest BCUT2D eigenvalue weighted by Gasteiger charge is -2.32. The third-order valence-electron chi connectivity index (χ3n) is 4.22. The van der Waals surface area contributed by atoms with Gasteiger partial charge in [0.1, 0.15) is 5.75 Å². The summed E-state index contributed by atoms with van der Waals surface area (Å²) in [5, 5.41) is 5.55. The number of carbonyl (C=O) groups is 2. The predicted octanol–water partition coefficient (Wildman–Crippen LogP) is 3.89. The number of benzene rings is 1. The fraction of sp³-hybridized carbons (Fsp3) is 0.556. The minimum atomic E-state index is -4.79.